The predicted octanol–water partition coefficient (Wildman–Crippen LogP) is 3.93. The van der Waals surface area contributed by atoms with Crippen molar-refractivity contribution in [3.8, 4) is 0 Å². The summed E-state index contributed by atoms with van der Waals surface area (Å²) in [4.78, 5) is 29.1. The Hall–Kier alpha value is -1.68. The third kappa shape index (κ3) is 4.20. The van der Waals surface area contributed by atoms with E-state index in [1.54, 1.807) is 6.07 Å². The highest BCUT2D eigenvalue weighted by atomic mass is 16.7. The van der Waals surface area contributed by atoms with Crippen LogP contribution in [0.4, 0.5) is 0 Å². The average molecular weight is 317 g/mol. The highest BCUT2D eigenvalue weighted by Gasteiger charge is 2.44. The third-order valence-corrected chi connectivity index (χ3v) is 4.65. The molecule has 0 spiro atoms. The summed E-state index contributed by atoms with van der Waals surface area (Å²) < 4.78 is 0. The van der Waals surface area contributed by atoms with E-state index >= 15 is 0 Å². The quantitative estimate of drug-likeness (QED) is 0.772. The molecule has 0 saturated carbocycles. The summed E-state index contributed by atoms with van der Waals surface area (Å²) in [6.07, 6.45) is 4.78. The van der Waals surface area contributed by atoms with E-state index in [4.69, 9.17) is 4.84 Å². The molecule has 4 heteroatoms. The van der Waals surface area contributed by atoms with Crippen LogP contribution in [-0.4, -0.2) is 28.4 Å². The van der Waals surface area contributed by atoms with Gasteiger partial charge in [-0.15, -0.1) is 5.06 Å². The van der Waals surface area contributed by atoms with Crippen LogP contribution < -0.4 is 0 Å². The molecule has 0 bridgehead atoms. The third-order valence-electron chi connectivity index (χ3n) is 4.65. The maximum atomic E-state index is 12.3. The molecule has 0 radical (unpaired) electrons. The van der Waals surface area contributed by atoms with Crippen molar-refractivity contribution in [2.24, 2.45) is 0 Å². The average Bonchev–Trinajstić information content (AvgIpc) is 2.49. The first-order valence-corrected chi connectivity index (χ1v) is 8.30. The molecule has 4 nitrogen and oxygen atoms in total. The monoisotopic (exact) mass is 317 g/mol. The Balaban J connectivity index is 2.00. The maximum absolute atomic E-state index is 12.3. The van der Waals surface area contributed by atoms with E-state index in [0.29, 0.717) is 12.0 Å². The van der Waals surface area contributed by atoms with E-state index in [2.05, 4.69) is 27.7 Å². The minimum Gasteiger partial charge on any atom is -0.367 e. The minimum atomic E-state index is -0.242. The molecule has 0 aromatic heterocycles. The summed E-state index contributed by atoms with van der Waals surface area (Å²) in [7, 11) is 0. The van der Waals surface area contributed by atoms with E-state index in [-0.39, 0.29) is 23.5 Å². The van der Waals surface area contributed by atoms with Gasteiger partial charge in [-0.3, -0.25) is 9.59 Å². The standard InChI is InChI=1S/C19H27NO3/c1-18(2)12-7-13-19(3,4)20(18)23-17(22)11-10-15-8-5-6-9-16(15)14-21/h5-6,8-9,14H,7,10-13H2,1-4H3. The van der Waals surface area contributed by atoms with Gasteiger partial charge in [0, 0.05) is 5.56 Å². The van der Waals surface area contributed by atoms with E-state index in [0.717, 1.165) is 31.1 Å². The molecular weight excluding hydrogens is 290 g/mol. The molecule has 1 fully saturated rings. The SMILES string of the molecule is CC1(C)CCCC(C)(C)N1OC(=O)CCc1ccccc1C=O. The van der Waals surface area contributed by atoms with Crippen molar-refractivity contribution in [2.75, 3.05) is 0 Å². The summed E-state index contributed by atoms with van der Waals surface area (Å²) in [5.74, 6) is -0.242. The van der Waals surface area contributed by atoms with Gasteiger partial charge in [0.2, 0.25) is 0 Å². The molecule has 1 aliphatic rings. The van der Waals surface area contributed by atoms with Crippen LogP contribution in [0.25, 0.3) is 0 Å². The number of hydrogen-bond donors (Lipinski definition) is 0. The zero-order chi connectivity index (χ0) is 17.1. The van der Waals surface area contributed by atoms with Gasteiger partial charge in [-0.05, 0) is 58.9 Å². The Morgan fingerprint density at radius 1 is 1.17 bits per heavy atom. The minimum absolute atomic E-state index is 0.155. The molecule has 1 aromatic rings. The Morgan fingerprint density at radius 3 is 2.39 bits per heavy atom. The zero-order valence-electron chi connectivity index (χ0n) is 14.6. The Kier molecular flexibility index (Phi) is 5.25. The lowest BCUT2D eigenvalue weighted by atomic mass is 9.82. The summed E-state index contributed by atoms with van der Waals surface area (Å²) in [5.41, 5.74) is 1.21. The molecule has 0 N–H and O–H groups in total. The van der Waals surface area contributed by atoms with E-state index in [1.807, 2.05) is 23.3 Å². The highest BCUT2D eigenvalue weighted by molar-refractivity contribution is 5.77. The van der Waals surface area contributed by atoms with Gasteiger partial charge >= 0.3 is 5.97 Å². The second-order valence-electron chi connectivity index (χ2n) is 7.55. The molecule has 0 unspecified atom stereocenters. The molecule has 0 aliphatic carbocycles. The molecule has 2 rings (SSSR count). The van der Waals surface area contributed by atoms with Crippen LogP contribution in [0.1, 0.15) is 69.3 Å². The molecule has 0 atom stereocenters. The molecular formula is C19H27NO3. The van der Waals surface area contributed by atoms with Crippen molar-refractivity contribution >= 4 is 12.3 Å². The van der Waals surface area contributed by atoms with Gasteiger partial charge in [-0.1, -0.05) is 24.3 Å². The van der Waals surface area contributed by atoms with Crippen LogP contribution in [0.5, 0.6) is 0 Å². The summed E-state index contributed by atoms with van der Waals surface area (Å²) >= 11 is 0. The summed E-state index contributed by atoms with van der Waals surface area (Å²) in [6.45, 7) is 8.46. The topological polar surface area (TPSA) is 46.6 Å². The van der Waals surface area contributed by atoms with Crippen LogP contribution in [0, 0.1) is 0 Å². The fourth-order valence-corrected chi connectivity index (χ4v) is 3.48. The first-order chi connectivity index (χ1) is 10.8. The van der Waals surface area contributed by atoms with Gasteiger partial charge in [-0.25, -0.2) is 0 Å². The van der Waals surface area contributed by atoms with Crippen LogP contribution >= 0.6 is 0 Å². The number of carbonyl (C=O) groups excluding carboxylic acids is 2. The largest absolute Gasteiger partial charge is 0.367 e. The van der Waals surface area contributed by atoms with Crippen LogP contribution in [-0.2, 0) is 16.1 Å². The second kappa shape index (κ2) is 6.83. The lowest BCUT2D eigenvalue weighted by molar-refractivity contribution is -0.265. The van der Waals surface area contributed by atoms with Gasteiger partial charge in [0.05, 0.1) is 17.5 Å². The van der Waals surface area contributed by atoms with E-state index in [9.17, 15) is 9.59 Å². The number of hydrogen-bond acceptors (Lipinski definition) is 4. The number of carbonyl (C=O) groups is 2. The second-order valence-corrected chi connectivity index (χ2v) is 7.55. The summed E-state index contributed by atoms with van der Waals surface area (Å²) in [6, 6.07) is 7.35. The van der Waals surface area contributed by atoms with Crippen molar-refractivity contribution in [2.45, 2.75) is 70.9 Å². The van der Waals surface area contributed by atoms with Crippen molar-refractivity contribution in [3.05, 3.63) is 35.4 Å². The van der Waals surface area contributed by atoms with Gasteiger partial charge in [-0.2, -0.15) is 0 Å². The van der Waals surface area contributed by atoms with Crippen LogP contribution in [0.2, 0.25) is 0 Å². The molecule has 0 amide bonds. The Morgan fingerprint density at radius 2 is 1.78 bits per heavy atom. The van der Waals surface area contributed by atoms with E-state index < -0.39 is 0 Å². The first-order valence-electron chi connectivity index (χ1n) is 8.30. The molecule has 1 aliphatic heterocycles. The van der Waals surface area contributed by atoms with Gasteiger partial charge in [0.25, 0.3) is 0 Å². The molecule has 1 heterocycles. The number of rotatable bonds is 5. The number of aryl methyl sites for hydroxylation is 1. The van der Waals surface area contributed by atoms with E-state index in [1.165, 1.54) is 0 Å². The van der Waals surface area contributed by atoms with Crippen molar-refractivity contribution in [1.29, 1.82) is 0 Å². The fourth-order valence-electron chi connectivity index (χ4n) is 3.48. The number of nitrogens with zero attached hydrogens (tertiary/aromatic N) is 1. The van der Waals surface area contributed by atoms with Gasteiger partial charge in [0.1, 0.15) is 6.29 Å². The molecule has 1 aromatic carbocycles. The number of benzene rings is 1. The number of aldehydes is 1. The van der Waals surface area contributed by atoms with Crippen molar-refractivity contribution in [1.82, 2.24) is 5.06 Å². The lowest BCUT2D eigenvalue weighted by Crippen LogP contribution is -2.58. The number of hydroxylamine groups is 2. The molecule has 1 saturated heterocycles. The first kappa shape index (κ1) is 17.7. The molecule has 126 valence electrons. The van der Waals surface area contributed by atoms with Crippen LogP contribution in [0.15, 0.2) is 24.3 Å². The lowest BCUT2D eigenvalue weighted by Gasteiger charge is -2.50. The predicted molar refractivity (Wildman–Crippen MR) is 90.1 cm³/mol. The molecule has 23 heavy (non-hydrogen) atoms. The van der Waals surface area contributed by atoms with Crippen molar-refractivity contribution < 1.29 is 14.4 Å². The van der Waals surface area contributed by atoms with Gasteiger partial charge in [0.15, 0.2) is 0 Å². The zero-order valence-corrected chi connectivity index (χ0v) is 14.6. The van der Waals surface area contributed by atoms with Crippen LogP contribution in [0.3, 0.4) is 0 Å². The Bertz CT molecular complexity index is 562. The highest BCUT2D eigenvalue weighted by Crippen LogP contribution is 2.38. The fraction of sp³-hybridized carbons (Fsp3) is 0.579. The maximum Gasteiger partial charge on any atom is 0.325 e. The normalized spacial score (nSPS) is 20.0. The van der Waals surface area contributed by atoms with Gasteiger partial charge < -0.3 is 4.84 Å². The summed E-state index contributed by atoms with van der Waals surface area (Å²) in [5, 5.41) is 1.87. The smallest absolute Gasteiger partial charge is 0.325 e. The van der Waals surface area contributed by atoms with Crippen molar-refractivity contribution in [3.63, 3.8) is 0 Å². The Labute approximate surface area is 138 Å². The number of piperidine rings is 1.